The molecule has 0 atom stereocenters. The van der Waals surface area contributed by atoms with Crippen molar-refractivity contribution in [1.82, 2.24) is 29.9 Å². The van der Waals surface area contributed by atoms with E-state index in [0.29, 0.717) is 0 Å². The quantitative estimate of drug-likeness (QED) is 0.615. The summed E-state index contributed by atoms with van der Waals surface area (Å²) in [6.07, 6.45) is 7.11. The van der Waals surface area contributed by atoms with Crippen LogP contribution in [0.25, 0.3) is 33.5 Å². The fourth-order valence-corrected chi connectivity index (χ4v) is 3.89. The van der Waals surface area contributed by atoms with Gasteiger partial charge in [-0.2, -0.15) is 10.2 Å². The lowest BCUT2D eigenvalue weighted by atomic mass is 9.96. The summed E-state index contributed by atoms with van der Waals surface area (Å²) < 4.78 is 2.15. The summed E-state index contributed by atoms with van der Waals surface area (Å²) in [5.74, 6) is 0. The average Bonchev–Trinajstić information content (AvgIpc) is 3.32. The summed E-state index contributed by atoms with van der Waals surface area (Å²) in [7, 11) is 0. The van der Waals surface area contributed by atoms with E-state index in [2.05, 4.69) is 36.3 Å². The number of aromatic nitrogens is 6. The summed E-state index contributed by atoms with van der Waals surface area (Å²) in [5, 5.41) is 15.1. The highest BCUT2D eigenvalue weighted by Crippen LogP contribution is 2.39. The minimum Gasteiger partial charge on any atom is -0.268 e. The second-order valence-electron chi connectivity index (χ2n) is 5.72. The maximum Gasteiger partial charge on any atom is 0.155 e. The second kappa shape index (κ2) is 4.99. The van der Waals surface area contributed by atoms with Crippen LogP contribution >= 0.6 is 11.3 Å². The predicted octanol–water partition coefficient (Wildman–Crippen LogP) is 3.28. The number of nitrogens with zero attached hydrogens (tertiary/aromatic N) is 5. The Kier molecular flexibility index (Phi) is 2.81. The summed E-state index contributed by atoms with van der Waals surface area (Å²) >= 11 is 1.60. The molecule has 1 N–H and O–H groups in total. The van der Waals surface area contributed by atoms with Gasteiger partial charge in [0.2, 0.25) is 0 Å². The fraction of sp³-hybridized carbons (Fsp3) is 0.250. The number of hydrogen-bond acceptors (Lipinski definition) is 5. The Morgan fingerprint density at radius 3 is 3.13 bits per heavy atom. The van der Waals surface area contributed by atoms with Crippen molar-refractivity contribution in [1.29, 1.82) is 0 Å². The molecule has 0 aliphatic carbocycles. The lowest BCUT2D eigenvalue weighted by Crippen LogP contribution is -2.11. The highest BCUT2D eigenvalue weighted by atomic mass is 32.1. The van der Waals surface area contributed by atoms with E-state index < -0.39 is 0 Å². The van der Waals surface area contributed by atoms with Crippen LogP contribution in [-0.4, -0.2) is 29.9 Å². The zero-order valence-corrected chi connectivity index (χ0v) is 13.2. The molecule has 0 bridgehead atoms. The number of aromatic amines is 1. The van der Waals surface area contributed by atoms with Gasteiger partial charge >= 0.3 is 0 Å². The van der Waals surface area contributed by atoms with Gasteiger partial charge < -0.3 is 0 Å². The smallest absolute Gasteiger partial charge is 0.155 e. The Labute approximate surface area is 136 Å². The topological polar surface area (TPSA) is 72.3 Å². The van der Waals surface area contributed by atoms with E-state index in [-0.39, 0.29) is 0 Å². The molecule has 4 aromatic heterocycles. The molecular formula is C16H14N6S. The van der Waals surface area contributed by atoms with Crippen LogP contribution in [0.2, 0.25) is 0 Å². The molecule has 0 unspecified atom stereocenters. The number of aryl methyl sites for hydroxylation is 1. The second-order valence-corrected chi connectivity index (χ2v) is 6.43. The lowest BCUT2D eigenvalue weighted by Gasteiger charge is -2.14. The molecule has 0 saturated carbocycles. The van der Waals surface area contributed by atoms with Crippen molar-refractivity contribution in [3.63, 3.8) is 0 Å². The molecule has 0 aromatic carbocycles. The van der Waals surface area contributed by atoms with Crippen LogP contribution in [0.1, 0.15) is 18.5 Å². The van der Waals surface area contributed by atoms with E-state index >= 15 is 0 Å². The van der Waals surface area contributed by atoms with Crippen LogP contribution in [0, 0.1) is 0 Å². The van der Waals surface area contributed by atoms with E-state index in [9.17, 15) is 0 Å². The van der Waals surface area contributed by atoms with Crippen molar-refractivity contribution in [3.05, 3.63) is 35.0 Å². The Morgan fingerprint density at radius 2 is 2.22 bits per heavy atom. The summed E-state index contributed by atoms with van der Waals surface area (Å²) in [4.78, 5) is 8.84. The Morgan fingerprint density at radius 1 is 1.22 bits per heavy atom. The Bertz CT molecular complexity index is 982. The summed E-state index contributed by atoms with van der Waals surface area (Å²) in [5.41, 5.74) is 8.20. The molecule has 6 nitrogen and oxygen atoms in total. The van der Waals surface area contributed by atoms with Crippen LogP contribution in [-0.2, 0) is 13.0 Å². The minimum atomic E-state index is 0.808. The van der Waals surface area contributed by atoms with Crippen molar-refractivity contribution in [2.45, 2.75) is 25.8 Å². The van der Waals surface area contributed by atoms with Gasteiger partial charge in [-0.15, -0.1) is 11.3 Å². The first-order valence-corrected chi connectivity index (χ1v) is 8.63. The number of thiazole rings is 1. The summed E-state index contributed by atoms with van der Waals surface area (Å²) in [6, 6.07) is 2.06. The van der Waals surface area contributed by atoms with Crippen molar-refractivity contribution in [3.8, 4) is 22.5 Å². The molecule has 0 fully saturated rings. The van der Waals surface area contributed by atoms with Gasteiger partial charge in [0.05, 0.1) is 11.7 Å². The Hall–Kier alpha value is -2.54. The van der Waals surface area contributed by atoms with Gasteiger partial charge in [-0.1, -0.05) is 0 Å². The standard InChI is InChI=1S/C16H14N6S/c1-2-6-22-13(3-1)14(15(21-22)12-8-23-9-18-12)10-4-5-17-16-11(10)7-19-20-16/h4-5,7-9H,1-3,6H2,(H,17,19,20). The maximum absolute atomic E-state index is 4.87. The number of hydrogen-bond donors (Lipinski definition) is 1. The molecule has 1 aliphatic rings. The van der Waals surface area contributed by atoms with Gasteiger partial charge in [-0.25, -0.2) is 9.97 Å². The van der Waals surface area contributed by atoms with Gasteiger partial charge in [0, 0.05) is 34.8 Å². The molecule has 7 heteroatoms. The number of rotatable bonds is 2. The van der Waals surface area contributed by atoms with Gasteiger partial charge in [-0.05, 0) is 30.9 Å². The Balaban J connectivity index is 1.85. The number of pyridine rings is 1. The molecule has 114 valence electrons. The van der Waals surface area contributed by atoms with Gasteiger partial charge in [0.1, 0.15) is 11.4 Å². The fourth-order valence-electron chi connectivity index (χ4n) is 3.35. The minimum absolute atomic E-state index is 0.808. The molecule has 23 heavy (non-hydrogen) atoms. The first kappa shape index (κ1) is 13.0. The monoisotopic (exact) mass is 322 g/mol. The normalized spacial score (nSPS) is 14.3. The zero-order valence-electron chi connectivity index (χ0n) is 12.4. The highest BCUT2D eigenvalue weighted by molar-refractivity contribution is 7.07. The predicted molar refractivity (Wildman–Crippen MR) is 89.2 cm³/mol. The molecule has 0 saturated heterocycles. The maximum atomic E-state index is 4.87. The third-order valence-electron chi connectivity index (χ3n) is 4.39. The number of fused-ring (bicyclic) bond motifs is 2. The van der Waals surface area contributed by atoms with Crippen molar-refractivity contribution >= 4 is 22.4 Å². The molecule has 0 amide bonds. The van der Waals surface area contributed by atoms with E-state index in [4.69, 9.17) is 5.10 Å². The molecule has 4 aromatic rings. The molecule has 1 aliphatic heterocycles. The number of H-pyrrole nitrogens is 1. The first-order chi connectivity index (χ1) is 11.4. The molecule has 0 spiro atoms. The molecule has 5 heterocycles. The van der Waals surface area contributed by atoms with Gasteiger partial charge in [0.25, 0.3) is 0 Å². The third kappa shape index (κ3) is 1.93. The van der Waals surface area contributed by atoms with Crippen LogP contribution < -0.4 is 0 Å². The van der Waals surface area contributed by atoms with Crippen molar-refractivity contribution < 1.29 is 0 Å². The number of nitrogens with one attached hydrogen (secondary N) is 1. The lowest BCUT2D eigenvalue weighted by molar-refractivity contribution is 0.487. The zero-order chi connectivity index (χ0) is 15.2. The largest absolute Gasteiger partial charge is 0.268 e. The van der Waals surface area contributed by atoms with E-state index in [1.54, 1.807) is 11.3 Å². The van der Waals surface area contributed by atoms with Crippen LogP contribution in [0.5, 0.6) is 0 Å². The molecular weight excluding hydrogens is 308 g/mol. The van der Waals surface area contributed by atoms with Crippen LogP contribution in [0.3, 0.4) is 0 Å². The highest BCUT2D eigenvalue weighted by Gasteiger charge is 2.24. The molecule has 5 rings (SSSR count). The first-order valence-electron chi connectivity index (χ1n) is 7.68. The van der Waals surface area contributed by atoms with E-state index in [1.807, 2.05) is 17.9 Å². The van der Waals surface area contributed by atoms with Gasteiger partial charge in [0.15, 0.2) is 5.65 Å². The third-order valence-corrected chi connectivity index (χ3v) is 4.98. The van der Waals surface area contributed by atoms with Crippen molar-refractivity contribution in [2.75, 3.05) is 0 Å². The summed E-state index contributed by atoms with van der Waals surface area (Å²) in [6.45, 7) is 0.978. The average molecular weight is 322 g/mol. The SMILES string of the molecule is c1cc(-c2c(-c3cscn3)nn3c2CCCC3)c2cn[nH]c2n1. The van der Waals surface area contributed by atoms with E-state index in [1.165, 1.54) is 24.1 Å². The van der Waals surface area contributed by atoms with E-state index in [0.717, 1.165) is 41.0 Å². The van der Waals surface area contributed by atoms with Crippen molar-refractivity contribution in [2.24, 2.45) is 0 Å². The molecule has 0 radical (unpaired) electrons. The van der Waals surface area contributed by atoms with Crippen LogP contribution in [0.4, 0.5) is 0 Å². The van der Waals surface area contributed by atoms with Crippen LogP contribution in [0.15, 0.2) is 29.4 Å². The van der Waals surface area contributed by atoms with Gasteiger partial charge in [-0.3, -0.25) is 9.78 Å².